The van der Waals surface area contributed by atoms with Crippen molar-refractivity contribution in [2.24, 2.45) is 0 Å². The predicted molar refractivity (Wildman–Crippen MR) is 202 cm³/mol. The summed E-state index contributed by atoms with van der Waals surface area (Å²) in [5, 5.41) is 36.6. The van der Waals surface area contributed by atoms with E-state index in [0.717, 1.165) is 27.5 Å². The van der Waals surface area contributed by atoms with Crippen LogP contribution in [0.3, 0.4) is 0 Å². The van der Waals surface area contributed by atoms with Gasteiger partial charge in [0.05, 0.1) is 82.5 Å². The van der Waals surface area contributed by atoms with Crippen LogP contribution in [0.1, 0.15) is 0 Å². The Kier molecular flexibility index (Phi) is 18.3. The number of anilines is 1. The fraction of sp³-hybridized carbons (Fsp3) is 0.541. The Labute approximate surface area is 314 Å². The van der Waals surface area contributed by atoms with Crippen LogP contribution >= 0.6 is 0 Å². The molecule has 17 nitrogen and oxygen atoms in total. The fourth-order valence-corrected chi connectivity index (χ4v) is 6.13. The van der Waals surface area contributed by atoms with Gasteiger partial charge < -0.3 is 40.2 Å². The lowest BCUT2D eigenvalue weighted by molar-refractivity contribution is -0.140. The van der Waals surface area contributed by atoms with Crippen molar-refractivity contribution in [3.63, 3.8) is 0 Å². The molecule has 0 unspecified atom stereocenters. The fourth-order valence-electron chi connectivity index (χ4n) is 6.13. The molecule has 1 amide bonds. The molecule has 2 heterocycles. The van der Waals surface area contributed by atoms with Gasteiger partial charge in [0.15, 0.2) is 0 Å². The molecular weight excluding hydrogens is 702 g/mol. The lowest BCUT2D eigenvalue weighted by atomic mass is 10.1. The van der Waals surface area contributed by atoms with Crippen molar-refractivity contribution in [1.29, 1.82) is 0 Å². The molecule has 0 saturated carbocycles. The topological polar surface area (TPSA) is 207 Å². The number of rotatable bonds is 21. The molecule has 1 fully saturated rings. The van der Waals surface area contributed by atoms with Gasteiger partial charge in [-0.15, -0.1) is 0 Å². The number of para-hydroxylation sites is 2. The molecule has 0 spiro atoms. The first kappa shape index (κ1) is 42.3. The van der Waals surface area contributed by atoms with Gasteiger partial charge >= 0.3 is 17.9 Å². The van der Waals surface area contributed by atoms with Crippen molar-refractivity contribution in [3.05, 3.63) is 48.5 Å². The van der Waals surface area contributed by atoms with E-state index < -0.39 is 17.9 Å². The van der Waals surface area contributed by atoms with E-state index >= 15 is 0 Å². The lowest BCUT2D eigenvalue weighted by Crippen LogP contribution is -2.50. The van der Waals surface area contributed by atoms with Crippen molar-refractivity contribution in [2.75, 3.05) is 137 Å². The third-order valence-electron chi connectivity index (χ3n) is 8.82. The van der Waals surface area contributed by atoms with E-state index in [9.17, 15) is 34.5 Å². The zero-order valence-electron chi connectivity index (χ0n) is 30.7. The van der Waals surface area contributed by atoms with E-state index in [1.54, 1.807) is 14.7 Å². The van der Waals surface area contributed by atoms with E-state index in [0.29, 0.717) is 105 Å². The van der Waals surface area contributed by atoms with Crippen LogP contribution in [0.4, 0.5) is 5.69 Å². The molecule has 3 aromatic rings. The third-order valence-corrected chi connectivity index (χ3v) is 8.82. The number of pyridine rings is 1. The summed E-state index contributed by atoms with van der Waals surface area (Å²) in [5.74, 6) is -3.26. The SMILES string of the molecule is O=C(O)CN1CCN(CC(=O)O)CCN(CC(=O)NCCOCCOCCOCCNc2c3ccccc3nc3ccccc23)CCN(CC(=O)O)CC1. The number of carboxylic acids is 3. The molecule has 1 aliphatic rings. The standard InChI is InChI=1S/C37H53N7O10/c45-33(25-41-11-13-42(26-34(46)47)15-17-44(28-36(50)51)18-16-43(14-12-41)27-35(48)49)38-9-19-52-21-23-54-24-22-53-20-10-39-37-29-5-1-3-7-31(29)40-32-8-4-2-6-30(32)37/h1-8H,9-28H2,(H,38,45)(H,39,40)(H,46,47)(H,48,49)(H,50,51). The minimum atomic E-state index is -1.01. The summed E-state index contributed by atoms with van der Waals surface area (Å²) in [6.45, 7) is 5.34. The summed E-state index contributed by atoms with van der Waals surface area (Å²) in [5.41, 5.74) is 2.92. The molecule has 54 heavy (non-hydrogen) atoms. The van der Waals surface area contributed by atoms with Crippen LogP contribution in [0.2, 0.25) is 0 Å². The number of carboxylic acid groups (broad SMARTS) is 3. The Morgan fingerprint density at radius 2 is 0.907 bits per heavy atom. The number of aromatic nitrogens is 1. The number of amides is 1. The lowest BCUT2D eigenvalue weighted by Gasteiger charge is -2.32. The van der Waals surface area contributed by atoms with Crippen LogP contribution in [0.15, 0.2) is 48.5 Å². The van der Waals surface area contributed by atoms with Gasteiger partial charge in [-0.05, 0) is 12.1 Å². The highest BCUT2D eigenvalue weighted by molar-refractivity contribution is 6.07. The molecule has 5 N–H and O–H groups in total. The molecule has 0 radical (unpaired) electrons. The van der Waals surface area contributed by atoms with Crippen molar-refractivity contribution in [1.82, 2.24) is 29.9 Å². The Morgan fingerprint density at radius 3 is 1.33 bits per heavy atom. The number of nitrogens with one attached hydrogen (secondary N) is 2. The van der Waals surface area contributed by atoms with Crippen LogP contribution in [-0.4, -0.2) is 195 Å². The van der Waals surface area contributed by atoms with Gasteiger partial charge in [0.25, 0.3) is 0 Å². The van der Waals surface area contributed by atoms with Crippen molar-refractivity contribution < 1.29 is 48.7 Å². The highest BCUT2D eigenvalue weighted by Crippen LogP contribution is 2.30. The zero-order valence-corrected chi connectivity index (χ0v) is 30.7. The monoisotopic (exact) mass is 755 g/mol. The Bertz CT molecular complexity index is 1560. The second kappa shape index (κ2) is 23.3. The van der Waals surface area contributed by atoms with Crippen LogP contribution in [0.25, 0.3) is 21.8 Å². The summed E-state index contributed by atoms with van der Waals surface area (Å²) in [4.78, 5) is 58.9. The number of benzene rings is 2. The first-order valence-electron chi connectivity index (χ1n) is 18.2. The molecule has 2 aromatic carbocycles. The van der Waals surface area contributed by atoms with E-state index in [2.05, 4.69) is 22.8 Å². The van der Waals surface area contributed by atoms with Crippen molar-refractivity contribution >= 4 is 51.3 Å². The van der Waals surface area contributed by atoms with Gasteiger partial charge in [0.1, 0.15) is 0 Å². The predicted octanol–water partition coefficient (Wildman–Crippen LogP) is 0.441. The maximum absolute atomic E-state index is 12.8. The van der Waals surface area contributed by atoms with E-state index in [-0.39, 0.29) is 32.1 Å². The van der Waals surface area contributed by atoms with Crippen LogP contribution in [0.5, 0.6) is 0 Å². The van der Waals surface area contributed by atoms with Crippen molar-refractivity contribution in [3.8, 4) is 0 Å². The normalized spacial score (nSPS) is 15.8. The van der Waals surface area contributed by atoms with Crippen LogP contribution in [0, 0.1) is 0 Å². The number of hydrogen-bond acceptors (Lipinski definition) is 13. The molecule has 1 aliphatic heterocycles. The number of nitrogens with zero attached hydrogens (tertiary/aromatic N) is 5. The van der Waals surface area contributed by atoms with Gasteiger partial charge in [-0.3, -0.25) is 38.8 Å². The number of ether oxygens (including phenoxy) is 3. The minimum Gasteiger partial charge on any atom is -0.480 e. The van der Waals surface area contributed by atoms with Gasteiger partial charge in [-0.25, -0.2) is 4.98 Å². The minimum absolute atomic E-state index is 0.0430. The molecule has 0 atom stereocenters. The number of fused-ring (bicyclic) bond motifs is 2. The van der Waals surface area contributed by atoms with Gasteiger partial charge in [0, 0.05) is 76.2 Å². The Hall–Kier alpha value is -4.49. The van der Waals surface area contributed by atoms with E-state index in [4.69, 9.17) is 19.2 Å². The summed E-state index contributed by atoms with van der Waals surface area (Å²) in [7, 11) is 0. The van der Waals surface area contributed by atoms with Crippen LogP contribution < -0.4 is 10.6 Å². The Morgan fingerprint density at radius 1 is 0.537 bits per heavy atom. The smallest absolute Gasteiger partial charge is 0.317 e. The molecular formula is C37H53N7O10. The largest absolute Gasteiger partial charge is 0.480 e. The first-order valence-corrected chi connectivity index (χ1v) is 18.2. The summed E-state index contributed by atoms with van der Waals surface area (Å²) in [6, 6.07) is 16.1. The highest BCUT2D eigenvalue weighted by Gasteiger charge is 2.21. The summed E-state index contributed by atoms with van der Waals surface area (Å²) >= 11 is 0. The number of carbonyl (C=O) groups is 4. The number of hydrogen-bond donors (Lipinski definition) is 5. The van der Waals surface area contributed by atoms with Gasteiger partial charge in [-0.2, -0.15) is 0 Å². The molecule has 0 aliphatic carbocycles. The number of carbonyl (C=O) groups excluding carboxylic acids is 1. The molecule has 296 valence electrons. The van der Waals surface area contributed by atoms with E-state index in [1.807, 2.05) is 41.3 Å². The number of aliphatic carboxylic acids is 3. The third kappa shape index (κ3) is 15.5. The maximum Gasteiger partial charge on any atom is 0.317 e. The quantitative estimate of drug-likeness (QED) is 0.0739. The average Bonchev–Trinajstić information content (AvgIpc) is 3.13. The molecule has 1 saturated heterocycles. The summed E-state index contributed by atoms with van der Waals surface area (Å²) in [6.07, 6.45) is 0. The molecule has 0 bridgehead atoms. The van der Waals surface area contributed by atoms with Gasteiger partial charge in [-0.1, -0.05) is 36.4 Å². The van der Waals surface area contributed by atoms with Gasteiger partial charge in [0.2, 0.25) is 5.91 Å². The second-order valence-corrected chi connectivity index (χ2v) is 12.9. The maximum atomic E-state index is 12.8. The summed E-state index contributed by atoms with van der Waals surface area (Å²) < 4.78 is 16.9. The second-order valence-electron chi connectivity index (χ2n) is 12.9. The first-order chi connectivity index (χ1) is 26.2. The molecule has 4 rings (SSSR count). The molecule has 17 heteroatoms. The Balaban J connectivity index is 1.09. The van der Waals surface area contributed by atoms with E-state index in [1.165, 1.54) is 0 Å². The molecule has 1 aromatic heterocycles. The zero-order chi connectivity index (χ0) is 38.5. The van der Waals surface area contributed by atoms with Crippen LogP contribution in [-0.2, 0) is 33.4 Å². The van der Waals surface area contributed by atoms with Crippen molar-refractivity contribution in [2.45, 2.75) is 0 Å². The average molecular weight is 756 g/mol. The highest BCUT2D eigenvalue weighted by atomic mass is 16.5.